The Morgan fingerprint density at radius 3 is 2.50 bits per heavy atom. The number of aromatic nitrogens is 1. The smallest absolute Gasteiger partial charge is 0.266 e. The van der Waals surface area contributed by atoms with Gasteiger partial charge in [0.15, 0.2) is 4.75 Å². The molecule has 2 aliphatic rings. The van der Waals surface area contributed by atoms with Crippen molar-refractivity contribution in [2.45, 2.75) is 56.6 Å². The van der Waals surface area contributed by atoms with Crippen molar-refractivity contribution in [1.29, 1.82) is 0 Å². The number of hydrogen-bond donors (Lipinski definition) is 2. The van der Waals surface area contributed by atoms with E-state index < -0.39 is 20.7 Å². The molecule has 0 atom stereocenters. The summed E-state index contributed by atoms with van der Waals surface area (Å²) in [6.45, 7) is 5.21. The Balaban J connectivity index is 0.00000363. The quantitative estimate of drug-likeness (QED) is 0.376. The number of hydroxylamine groups is 1. The lowest BCUT2D eigenvalue weighted by Gasteiger charge is -2.40. The summed E-state index contributed by atoms with van der Waals surface area (Å²) in [4.78, 5) is 16.9. The molecule has 1 aromatic rings. The van der Waals surface area contributed by atoms with E-state index in [-0.39, 0.29) is 44.4 Å². The SMILES string of the molecule is CC(C)CC#Cc1ccc(C2CCN(S(=O)(=O)C3(C(=O)NO)CCOCC3)CC2)nc1.Cl. The van der Waals surface area contributed by atoms with Crippen LogP contribution < -0.4 is 5.48 Å². The molecule has 0 radical (unpaired) electrons. The average Bonchev–Trinajstić information content (AvgIpc) is 2.79. The standard InChI is InChI=1S/C22H31N3O5S.ClH/c1-17(2)4-3-5-18-6-7-20(23-16-18)19-8-12-25(13-9-19)31(28,29)22(21(26)24-27)10-14-30-15-11-22;/h6-7,16-17,19,27H,4,8-15H2,1-2H3,(H,24,26);1H. The maximum absolute atomic E-state index is 13.4. The van der Waals surface area contributed by atoms with E-state index in [0.717, 1.165) is 17.7 Å². The van der Waals surface area contributed by atoms with Gasteiger partial charge in [-0.05, 0) is 30.9 Å². The minimum absolute atomic E-state index is 0. The second kappa shape index (κ2) is 11.4. The molecule has 8 nitrogen and oxygen atoms in total. The van der Waals surface area contributed by atoms with Gasteiger partial charge < -0.3 is 4.74 Å². The average molecular weight is 486 g/mol. The number of nitrogens with one attached hydrogen (secondary N) is 1. The molecule has 2 fully saturated rings. The van der Waals surface area contributed by atoms with Crippen LogP contribution in [0.3, 0.4) is 0 Å². The molecule has 0 spiro atoms. The van der Waals surface area contributed by atoms with E-state index in [1.165, 1.54) is 4.31 Å². The van der Waals surface area contributed by atoms with E-state index in [2.05, 4.69) is 30.7 Å². The summed E-state index contributed by atoms with van der Waals surface area (Å²) in [5.41, 5.74) is 3.37. The molecule has 10 heteroatoms. The third-order valence-electron chi connectivity index (χ3n) is 6.05. The van der Waals surface area contributed by atoms with Crippen molar-refractivity contribution in [3.8, 4) is 11.8 Å². The van der Waals surface area contributed by atoms with E-state index in [9.17, 15) is 13.2 Å². The van der Waals surface area contributed by atoms with Gasteiger partial charge in [0, 0.05) is 68.9 Å². The summed E-state index contributed by atoms with van der Waals surface area (Å²) >= 11 is 0. The minimum Gasteiger partial charge on any atom is -0.381 e. The van der Waals surface area contributed by atoms with Gasteiger partial charge in [-0.15, -0.1) is 12.4 Å². The van der Waals surface area contributed by atoms with Gasteiger partial charge >= 0.3 is 0 Å². The van der Waals surface area contributed by atoms with Crippen molar-refractivity contribution in [3.05, 3.63) is 29.6 Å². The van der Waals surface area contributed by atoms with Crippen molar-refractivity contribution >= 4 is 28.3 Å². The van der Waals surface area contributed by atoms with Crippen molar-refractivity contribution in [3.63, 3.8) is 0 Å². The summed E-state index contributed by atoms with van der Waals surface area (Å²) in [7, 11) is -3.95. The molecule has 3 heterocycles. The third kappa shape index (κ3) is 5.61. The number of piperidine rings is 1. The second-order valence-electron chi connectivity index (χ2n) is 8.60. The lowest BCUT2D eigenvalue weighted by Crippen LogP contribution is -2.60. The number of carbonyl (C=O) groups excluding carboxylic acids is 1. The zero-order valence-electron chi connectivity index (χ0n) is 18.5. The van der Waals surface area contributed by atoms with Crippen molar-refractivity contribution in [1.82, 2.24) is 14.8 Å². The Kier molecular flexibility index (Phi) is 9.49. The predicted octanol–water partition coefficient (Wildman–Crippen LogP) is 2.46. The minimum atomic E-state index is -3.95. The molecule has 0 unspecified atom stereocenters. The number of sulfonamides is 1. The van der Waals surface area contributed by atoms with Gasteiger partial charge in [-0.2, -0.15) is 0 Å². The first-order valence-corrected chi connectivity index (χ1v) is 12.2. The number of rotatable bonds is 5. The summed E-state index contributed by atoms with van der Waals surface area (Å²) in [5.74, 6) is 6.08. The summed E-state index contributed by atoms with van der Waals surface area (Å²) in [5, 5.41) is 9.17. The highest BCUT2D eigenvalue weighted by Crippen LogP contribution is 2.36. The molecule has 2 aliphatic heterocycles. The zero-order valence-corrected chi connectivity index (χ0v) is 20.2. The van der Waals surface area contributed by atoms with Crippen LogP contribution in [0.15, 0.2) is 18.3 Å². The first-order valence-electron chi connectivity index (χ1n) is 10.8. The van der Waals surface area contributed by atoms with E-state index in [0.29, 0.717) is 31.8 Å². The molecule has 0 bridgehead atoms. The van der Waals surface area contributed by atoms with Crippen molar-refractivity contribution in [2.24, 2.45) is 5.92 Å². The largest absolute Gasteiger partial charge is 0.381 e. The lowest BCUT2D eigenvalue weighted by molar-refractivity contribution is -0.134. The molecule has 32 heavy (non-hydrogen) atoms. The molecule has 1 amide bonds. The number of carbonyl (C=O) groups is 1. The molecular formula is C22H32ClN3O5S. The van der Waals surface area contributed by atoms with E-state index >= 15 is 0 Å². The number of hydrogen-bond acceptors (Lipinski definition) is 6. The van der Waals surface area contributed by atoms with Gasteiger partial charge in [0.2, 0.25) is 10.0 Å². The zero-order chi connectivity index (χ0) is 22.5. The second-order valence-corrected chi connectivity index (χ2v) is 10.8. The van der Waals surface area contributed by atoms with Crippen molar-refractivity contribution < 1.29 is 23.2 Å². The van der Waals surface area contributed by atoms with Gasteiger partial charge in [-0.1, -0.05) is 25.7 Å². The Morgan fingerprint density at radius 1 is 1.31 bits per heavy atom. The Morgan fingerprint density at radius 2 is 1.97 bits per heavy atom. The van der Waals surface area contributed by atoms with Crippen LogP contribution in [-0.4, -0.2) is 59.9 Å². The van der Waals surface area contributed by atoms with Crippen molar-refractivity contribution in [2.75, 3.05) is 26.3 Å². The molecule has 1 aromatic heterocycles. The number of amides is 1. The van der Waals surface area contributed by atoms with Crippen LogP contribution >= 0.6 is 12.4 Å². The fourth-order valence-corrected chi connectivity index (χ4v) is 6.27. The first kappa shape index (κ1) is 26.6. The highest BCUT2D eigenvalue weighted by molar-refractivity contribution is 7.91. The maximum Gasteiger partial charge on any atom is 0.266 e. The monoisotopic (exact) mass is 485 g/mol. The molecule has 2 saturated heterocycles. The van der Waals surface area contributed by atoms with Crippen LogP contribution in [-0.2, 0) is 19.6 Å². The molecule has 2 N–H and O–H groups in total. The van der Waals surface area contributed by atoms with E-state index in [1.807, 2.05) is 12.1 Å². The van der Waals surface area contributed by atoms with Crippen LogP contribution in [0.1, 0.15) is 63.1 Å². The third-order valence-corrected chi connectivity index (χ3v) is 8.68. The summed E-state index contributed by atoms with van der Waals surface area (Å²) in [6, 6.07) is 3.93. The fourth-order valence-electron chi connectivity index (χ4n) is 4.12. The Bertz CT molecular complexity index is 927. The number of nitrogens with zero attached hydrogens (tertiary/aromatic N) is 2. The van der Waals surface area contributed by atoms with Crippen LogP contribution in [0.25, 0.3) is 0 Å². The molecule has 0 aromatic carbocycles. The lowest BCUT2D eigenvalue weighted by atomic mass is 9.94. The number of pyridine rings is 1. The molecule has 178 valence electrons. The maximum atomic E-state index is 13.4. The predicted molar refractivity (Wildman–Crippen MR) is 123 cm³/mol. The summed E-state index contributed by atoms with van der Waals surface area (Å²) in [6.07, 6.45) is 3.92. The highest BCUT2D eigenvalue weighted by Gasteiger charge is 2.54. The fraction of sp³-hybridized carbons (Fsp3) is 0.636. The van der Waals surface area contributed by atoms with E-state index in [4.69, 9.17) is 9.94 Å². The molecular weight excluding hydrogens is 454 g/mol. The van der Waals surface area contributed by atoms with Gasteiger partial charge in [0.1, 0.15) is 0 Å². The highest BCUT2D eigenvalue weighted by atomic mass is 35.5. The van der Waals surface area contributed by atoms with Gasteiger partial charge in [0.05, 0.1) is 0 Å². The first-order chi connectivity index (χ1) is 14.8. The number of halogens is 1. The summed E-state index contributed by atoms with van der Waals surface area (Å²) < 4.78 is 31.7. The number of ether oxygens (including phenoxy) is 1. The topological polar surface area (TPSA) is 109 Å². The Labute approximate surface area is 196 Å². The van der Waals surface area contributed by atoms with Gasteiger partial charge in [-0.25, -0.2) is 18.2 Å². The Hall–Kier alpha value is -1.70. The van der Waals surface area contributed by atoms with Gasteiger partial charge in [-0.3, -0.25) is 15.0 Å². The van der Waals surface area contributed by atoms with Gasteiger partial charge in [0.25, 0.3) is 5.91 Å². The normalized spacial score (nSPS) is 19.5. The van der Waals surface area contributed by atoms with E-state index in [1.54, 1.807) is 11.7 Å². The van der Waals surface area contributed by atoms with Crippen LogP contribution in [0, 0.1) is 17.8 Å². The molecule has 0 aliphatic carbocycles. The molecule has 0 saturated carbocycles. The van der Waals surface area contributed by atoms with Crippen LogP contribution in [0.5, 0.6) is 0 Å². The molecule has 3 rings (SSSR count). The van der Waals surface area contributed by atoms with Crippen LogP contribution in [0.2, 0.25) is 0 Å². The van der Waals surface area contributed by atoms with Crippen LogP contribution in [0.4, 0.5) is 0 Å².